The molecule has 0 radical (unpaired) electrons. The number of thiophene rings is 1. The standard InChI is InChI=1S/C22H28N4O3S/c1-17-3-2-7-25(14-17)20-5-4-19(13-21(20)26(28)29)22(27)24-10-8-23(9-11-24)15-18-6-12-30-16-18/h4-6,12-13,16-17H,2-3,7-11,14-15H2,1H3. The largest absolute Gasteiger partial charge is 0.366 e. The Hall–Kier alpha value is -2.45. The molecule has 160 valence electrons. The molecule has 30 heavy (non-hydrogen) atoms. The van der Waals surface area contributed by atoms with Crippen LogP contribution in [0.3, 0.4) is 0 Å². The van der Waals surface area contributed by atoms with Gasteiger partial charge in [-0.1, -0.05) is 6.92 Å². The third kappa shape index (κ3) is 4.65. The summed E-state index contributed by atoms with van der Waals surface area (Å²) in [7, 11) is 0. The monoisotopic (exact) mass is 428 g/mol. The highest BCUT2D eigenvalue weighted by atomic mass is 32.1. The van der Waals surface area contributed by atoms with Crippen molar-refractivity contribution in [2.75, 3.05) is 44.2 Å². The minimum absolute atomic E-state index is 0.0334. The van der Waals surface area contributed by atoms with Crippen LogP contribution in [0, 0.1) is 16.0 Å². The Balaban J connectivity index is 1.44. The Bertz CT molecular complexity index is 894. The topological polar surface area (TPSA) is 69.9 Å². The van der Waals surface area contributed by atoms with Crippen LogP contribution < -0.4 is 4.90 Å². The highest BCUT2D eigenvalue weighted by Crippen LogP contribution is 2.32. The van der Waals surface area contributed by atoms with Crippen LogP contribution in [0.4, 0.5) is 11.4 Å². The first kappa shape index (κ1) is 20.8. The van der Waals surface area contributed by atoms with E-state index >= 15 is 0 Å². The Morgan fingerprint density at radius 2 is 2.00 bits per heavy atom. The average Bonchev–Trinajstić information content (AvgIpc) is 3.26. The summed E-state index contributed by atoms with van der Waals surface area (Å²) < 4.78 is 0. The van der Waals surface area contributed by atoms with Gasteiger partial charge in [-0.2, -0.15) is 11.3 Å². The van der Waals surface area contributed by atoms with Crippen LogP contribution in [0.15, 0.2) is 35.0 Å². The molecule has 2 saturated heterocycles. The average molecular weight is 429 g/mol. The van der Waals surface area contributed by atoms with E-state index in [1.807, 2.05) is 4.90 Å². The molecule has 2 fully saturated rings. The van der Waals surface area contributed by atoms with Crippen molar-refractivity contribution in [1.82, 2.24) is 9.80 Å². The number of anilines is 1. The number of nitro benzene ring substituents is 1. The maximum atomic E-state index is 13.0. The van der Waals surface area contributed by atoms with Gasteiger partial charge >= 0.3 is 0 Å². The zero-order valence-corrected chi connectivity index (χ0v) is 18.1. The Labute approximate surface area is 181 Å². The number of piperidine rings is 1. The van der Waals surface area contributed by atoms with Crippen molar-refractivity contribution in [1.29, 1.82) is 0 Å². The SMILES string of the molecule is CC1CCCN(c2ccc(C(=O)N3CCN(Cc4ccsc4)CC3)cc2[N+](=O)[O-])C1. The lowest BCUT2D eigenvalue weighted by Crippen LogP contribution is -2.48. The van der Waals surface area contributed by atoms with Crippen molar-refractivity contribution in [2.24, 2.45) is 5.92 Å². The lowest BCUT2D eigenvalue weighted by molar-refractivity contribution is -0.384. The lowest BCUT2D eigenvalue weighted by atomic mass is 9.99. The molecule has 1 unspecified atom stereocenters. The highest BCUT2D eigenvalue weighted by molar-refractivity contribution is 7.07. The van der Waals surface area contributed by atoms with Gasteiger partial charge in [-0.05, 0) is 53.3 Å². The number of carbonyl (C=O) groups is 1. The van der Waals surface area contributed by atoms with Crippen LogP contribution in [0.1, 0.15) is 35.7 Å². The van der Waals surface area contributed by atoms with E-state index in [1.165, 1.54) is 11.6 Å². The number of amides is 1. The van der Waals surface area contributed by atoms with Gasteiger partial charge in [-0.3, -0.25) is 19.8 Å². The van der Waals surface area contributed by atoms with E-state index in [-0.39, 0.29) is 16.5 Å². The van der Waals surface area contributed by atoms with Crippen LogP contribution in [-0.4, -0.2) is 59.9 Å². The van der Waals surface area contributed by atoms with Gasteiger partial charge < -0.3 is 9.80 Å². The summed E-state index contributed by atoms with van der Waals surface area (Å²) in [6.07, 6.45) is 2.19. The molecule has 2 aliphatic heterocycles. The molecule has 0 spiro atoms. The first-order chi connectivity index (χ1) is 14.5. The summed E-state index contributed by atoms with van der Waals surface area (Å²) in [6.45, 7) is 7.63. The maximum Gasteiger partial charge on any atom is 0.293 e. The fourth-order valence-corrected chi connectivity index (χ4v) is 5.07. The zero-order valence-electron chi connectivity index (χ0n) is 17.3. The third-order valence-corrected chi connectivity index (χ3v) is 6.79. The van der Waals surface area contributed by atoms with Gasteiger partial charge in [0.2, 0.25) is 0 Å². The minimum atomic E-state index is -0.357. The number of nitro groups is 1. The fraction of sp³-hybridized carbons (Fsp3) is 0.500. The van der Waals surface area contributed by atoms with E-state index in [1.54, 1.807) is 23.5 Å². The number of carbonyl (C=O) groups excluding carboxylic acids is 1. The number of nitrogens with zero attached hydrogens (tertiary/aromatic N) is 4. The molecule has 1 amide bonds. The number of benzene rings is 1. The second-order valence-electron chi connectivity index (χ2n) is 8.35. The van der Waals surface area contributed by atoms with Crippen LogP contribution in [-0.2, 0) is 6.54 Å². The van der Waals surface area contributed by atoms with Gasteiger partial charge in [0.25, 0.3) is 11.6 Å². The van der Waals surface area contributed by atoms with Crippen molar-refractivity contribution in [3.05, 3.63) is 56.3 Å². The second-order valence-corrected chi connectivity index (χ2v) is 9.13. The van der Waals surface area contributed by atoms with E-state index in [9.17, 15) is 14.9 Å². The number of rotatable bonds is 5. The van der Waals surface area contributed by atoms with Crippen molar-refractivity contribution in [3.63, 3.8) is 0 Å². The molecule has 8 heteroatoms. The van der Waals surface area contributed by atoms with Crippen molar-refractivity contribution in [3.8, 4) is 0 Å². The Morgan fingerprint density at radius 1 is 1.20 bits per heavy atom. The molecule has 0 bridgehead atoms. The van der Waals surface area contributed by atoms with E-state index in [0.29, 0.717) is 30.3 Å². The van der Waals surface area contributed by atoms with Gasteiger partial charge in [0.05, 0.1) is 4.92 Å². The van der Waals surface area contributed by atoms with Crippen LogP contribution >= 0.6 is 11.3 Å². The maximum absolute atomic E-state index is 13.0. The molecule has 7 nitrogen and oxygen atoms in total. The van der Waals surface area contributed by atoms with Gasteiger partial charge in [-0.15, -0.1) is 0 Å². The van der Waals surface area contributed by atoms with E-state index in [4.69, 9.17) is 0 Å². The molecule has 2 aliphatic rings. The molecule has 4 rings (SSSR count). The first-order valence-electron chi connectivity index (χ1n) is 10.6. The van der Waals surface area contributed by atoms with Crippen molar-refractivity contribution >= 4 is 28.6 Å². The Morgan fingerprint density at radius 3 is 2.67 bits per heavy atom. The number of hydrogen-bond donors (Lipinski definition) is 0. The summed E-state index contributed by atoms with van der Waals surface area (Å²) in [4.78, 5) is 30.6. The third-order valence-electron chi connectivity index (χ3n) is 6.06. The quantitative estimate of drug-likeness (QED) is 0.534. The fourth-order valence-electron chi connectivity index (χ4n) is 4.41. The summed E-state index contributed by atoms with van der Waals surface area (Å²) in [5.74, 6) is 0.400. The smallest absolute Gasteiger partial charge is 0.293 e. The predicted molar refractivity (Wildman–Crippen MR) is 119 cm³/mol. The molecular weight excluding hydrogens is 400 g/mol. The normalized spacial score (nSPS) is 20.4. The lowest BCUT2D eigenvalue weighted by Gasteiger charge is -2.35. The highest BCUT2D eigenvalue weighted by Gasteiger charge is 2.27. The molecule has 0 aliphatic carbocycles. The van der Waals surface area contributed by atoms with E-state index in [0.717, 1.165) is 45.6 Å². The summed E-state index contributed by atoms with van der Waals surface area (Å²) in [5.41, 5.74) is 2.37. The van der Waals surface area contributed by atoms with Gasteiger partial charge in [-0.25, -0.2) is 0 Å². The minimum Gasteiger partial charge on any atom is -0.366 e. The van der Waals surface area contributed by atoms with Crippen molar-refractivity contribution in [2.45, 2.75) is 26.3 Å². The van der Waals surface area contributed by atoms with Crippen molar-refractivity contribution < 1.29 is 9.72 Å². The molecule has 3 heterocycles. The predicted octanol–water partition coefficient (Wildman–Crippen LogP) is 3.85. The number of piperazine rings is 1. The molecule has 1 atom stereocenters. The molecule has 1 aromatic heterocycles. The number of hydrogen-bond acceptors (Lipinski definition) is 6. The van der Waals surface area contributed by atoms with Crippen LogP contribution in [0.25, 0.3) is 0 Å². The summed E-state index contributed by atoms with van der Waals surface area (Å²) in [6, 6.07) is 7.11. The zero-order chi connectivity index (χ0) is 21.1. The molecule has 0 saturated carbocycles. The molecule has 2 aromatic rings. The molecule has 1 aromatic carbocycles. The Kier molecular flexibility index (Phi) is 6.34. The second kappa shape index (κ2) is 9.14. The van der Waals surface area contributed by atoms with Crippen LogP contribution in [0.2, 0.25) is 0 Å². The van der Waals surface area contributed by atoms with Crippen LogP contribution in [0.5, 0.6) is 0 Å². The first-order valence-corrected chi connectivity index (χ1v) is 11.5. The molecular formula is C22H28N4O3S. The summed E-state index contributed by atoms with van der Waals surface area (Å²) >= 11 is 1.70. The van der Waals surface area contributed by atoms with Gasteiger partial charge in [0, 0.05) is 57.4 Å². The van der Waals surface area contributed by atoms with E-state index in [2.05, 4.69) is 33.6 Å². The van der Waals surface area contributed by atoms with Gasteiger partial charge in [0.15, 0.2) is 0 Å². The van der Waals surface area contributed by atoms with E-state index < -0.39 is 0 Å². The molecule has 0 N–H and O–H groups in total. The summed E-state index contributed by atoms with van der Waals surface area (Å²) in [5, 5.41) is 16.0. The van der Waals surface area contributed by atoms with Gasteiger partial charge in [0.1, 0.15) is 5.69 Å².